The molecule has 0 spiro atoms. The van der Waals surface area contributed by atoms with Crippen LogP contribution in [0.15, 0.2) is 0 Å². The van der Waals surface area contributed by atoms with E-state index < -0.39 is 0 Å². The van der Waals surface area contributed by atoms with Gasteiger partial charge in [-0.05, 0) is 51.0 Å². The summed E-state index contributed by atoms with van der Waals surface area (Å²) >= 11 is 0. The zero-order valence-electron chi connectivity index (χ0n) is 12.9. The predicted octanol–water partition coefficient (Wildman–Crippen LogP) is 1.36. The second-order valence-corrected chi connectivity index (χ2v) is 6.67. The molecule has 20 heavy (non-hydrogen) atoms. The molecule has 3 unspecified atom stereocenters. The van der Waals surface area contributed by atoms with Crippen LogP contribution in [-0.2, 0) is 0 Å². The summed E-state index contributed by atoms with van der Waals surface area (Å²) in [4.78, 5) is 2.65. The molecule has 4 nitrogen and oxygen atoms in total. The topological polar surface area (TPSA) is 55.7 Å². The third kappa shape index (κ3) is 4.69. The maximum absolute atomic E-state index is 9.93. The fourth-order valence-corrected chi connectivity index (χ4v) is 3.55. The second kappa shape index (κ2) is 8.32. The van der Waals surface area contributed by atoms with E-state index in [0.29, 0.717) is 12.0 Å². The molecule has 2 rings (SSSR count). The number of aliphatic hydroxyl groups excluding tert-OH is 2. The van der Waals surface area contributed by atoms with Gasteiger partial charge in [-0.3, -0.25) is 4.90 Å². The van der Waals surface area contributed by atoms with Gasteiger partial charge in [-0.15, -0.1) is 0 Å². The van der Waals surface area contributed by atoms with Gasteiger partial charge in [-0.2, -0.15) is 0 Å². The van der Waals surface area contributed by atoms with Gasteiger partial charge in [0, 0.05) is 31.8 Å². The van der Waals surface area contributed by atoms with Gasteiger partial charge in [0.25, 0.3) is 0 Å². The number of hydrogen-bond donors (Lipinski definition) is 3. The normalized spacial score (nSPS) is 30.1. The lowest BCUT2D eigenvalue weighted by atomic mass is 9.84. The van der Waals surface area contributed by atoms with Gasteiger partial charge in [-0.25, -0.2) is 0 Å². The molecular weight excluding hydrogens is 252 g/mol. The molecule has 1 saturated carbocycles. The minimum Gasteiger partial charge on any atom is -0.396 e. The van der Waals surface area contributed by atoms with Crippen LogP contribution in [0, 0.1) is 5.92 Å². The lowest BCUT2D eigenvalue weighted by molar-refractivity contribution is 0.0370. The maximum Gasteiger partial charge on any atom is 0.0540 e. The first-order valence-electron chi connectivity index (χ1n) is 8.49. The number of likely N-dealkylation sites (tertiary alicyclic amines) is 1. The van der Waals surface area contributed by atoms with Crippen molar-refractivity contribution in [1.82, 2.24) is 10.2 Å². The summed E-state index contributed by atoms with van der Waals surface area (Å²) in [5, 5.41) is 22.4. The standard InChI is InChI=1S/C16H32N2O2/c1-2-16(20)10-13-9-14(17-7-4-8-19)12-18(11-13)15-5-3-6-15/h13-17,19-20H,2-12H2,1H3. The minimum absolute atomic E-state index is 0.139. The van der Waals surface area contributed by atoms with Crippen LogP contribution < -0.4 is 5.32 Å². The number of rotatable bonds is 8. The minimum atomic E-state index is -0.139. The van der Waals surface area contributed by atoms with Gasteiger partial charge in [-0.1, -0.05) is 13.3 Å². The highest BCUT2D eigenvalue weighted by Gasteiger charge is 2.33. The molecule has 1 aliphatic carbocycles. The Labute approximate surface area is 123 Å². The van der Waals surface area contributed by atoms with Gasteiger partial charge < -0.3 is 15.5 Å². The zero-order valence-corrected chi connectivity index (χ0v) is 12.9. The van der Waals surface area contributed by atoms with E-state index in [1.807, 2.05) is 0 Å². The van der Waals surface area contributed by atoms with Crippen molar-refractivity contribution in [2.24, 2.45) is 5.92 Å². The molecule has 3 N–H and O–H groups in total. The molecule has 0 aromatic carbocycles. The summed E-state index contributed by atoms with van der Waals surface area (Å²) in [6, 6.07) is 1.32. The van der Waals surface area contributed by atoms with Crippen LogP contribution in [0.4, 0.5) is 0 Å². The molecule has 3 atom stereocenters. The summed E-state index contributed by atoms with van der Waals surface area (Å²) < 4.78 is 0. The summed E-state index contributed by atoms with van der Waals surface area (Å²) in [6.07, 6.45) is 7.76. The molecule has 2 fully saturated rings. The Kier molecular flexibility index (Phi) is 6.75. The highest BCUT2D eigenvalue weighted by atomic mass is 16.3. The molecule has 1 heterocycles. The van der Waals surface area contributed by atoms with Crippen molar-refractivity contribution in [3.05, 3.63) is 0 Å². The number of hydrogen-bond acceptors (Lipinski definition) is 4. The highest BCUT2D eigenvalue weighted by Crippen LogP contribution is 2.31. The van der Waals surface area contributed by atoms with Crippen LogP contribution in [0.5, 0.6) is 0 Å². The molecule has 4 heteroatoms. The Morgan fingerprint density at radius 2 is 2.10 bits per heavy atom. The Hall–Kier alpha value is -0.160. The fraction of sp³-hybridized carbons (Fsp3) is 1.00. The third-order valence-corrected chi connectivity index (χ3v) is 5.00. The molecule has 0 amide bonds. The average molecular weight is 284 g/mol. The summed E-state index contributed by atoms with van der Waals surface area (Å²) in [6.45, 7) is 5.55. The van der Waals surface area contributed by atoms with Gasteiger partial charge >= 0.3 is 0 Å². The van der Waals surface area contributed by atoms with Crippen molar-refractivity contribution < 1.29 is 10.2 Å². The Morgan fingerprint density at radius 1 is 1.30 bits per heavy atom. The predicted molar refractivity (Wildman–Crippen MR) is 81.7 cm³/mol. The molecule has 118 valence electrons. The summed E-state index contributed by atoms with van der Waals surface area (Å²) in [7, 11) is 0. The average Bonchev–Trinajstić information content (AvgIpc) is 2.36. The molecule has 0 radical (unpaired) electrons. The molecule has 0 bridgehead atoms. The Morgan fingerprint density at radius 3 is 2.70 bits per heavy atom. The van der Waals surface area contributed by atoms with Crippen molar-refractivity contribution in [2.45, 2.75) is 70.1 Å². The first-order chi connectivity index (χ1) is 9.72. The van der Waals surface area contributed by atoms with Crippen LogP contribution in [-0.4, -0.2) is 59.5 Å². The number of aliphatic hydroxyl groups is 2. The van der Waals surface area contributed by atoms with E-state index in [1.165, 1.54) is 32.2 Å². The third-order valence-electron chi connectivity index (χ3n) is 5.00. The number of nitrogens with one attached hydrogen (secondary N) is 1. The van der Waals surface area contributed by atoms with E-state index in [0.717, 1.165) is 38.4 Å². The number of nitrogens with zero attached hydrogens (tertiary/aromatic N) is 1. The second-order valence-electron chi connectivity index (χ2n) is 6.67. The molecular formula is C16H32N2O2. The van der Waals surface area contributed by atoms with Crippen molar-refractivity contribution in [2.75, 3.05) is 26.2 Å². The maximum atomic E-state index is 9.93. The fourth-order valence-electron chi connectivity index (χ4n) is 3.55. The van der Waals surface area contributed by atoms with Crippen LogP contribution >= 0.6 is 0 Å². The zero-order chi connectivity index (χ0) is 14.4. The molecule has 0 aromatic rings. The van der Waals surface area contributed by atoms with Gasteiger partial charge in [0.1, 0.15) is 0 Å². The van der Waals surface area contributed by atoms with Crippen molar-refractivity contribution in [3.63, 3.8) is 0 Å². The van der Waals surface area contributed by atoms with Crippen LogP contribution in [0.2, 0.25) is 0 Å². The first kappa shape index (κ1) is 16.2. The summed E-state index contributed by atoms with van der Waals surface area (Å²) in [5.41, 5.74) is 0. The Bertz CT molecular complexity index is 271. The van der Waals surface area contributed by atoms with Crippen LogP contribution in [0.3, 0.4) is 0 Å². The van der Waals surface area contributed by atoms with Crippen LogP contribution in [0.1, 0.15) is 51.9 Å². The molecule has 2 aliphatic rings. The smallest absolute Gasteiger partial charge is 0.0540 e. The van der Waals surface area contributed by atoms with E-state index in [1.54, 1.807) is 0 Å². The SMILES string of the molecule is CCC(O)CC1CC(NCCCO)CN(C2CCC2)C1. The lowest BCUT2D eigenvalue weighted by Gasteiger charge is -2.46. The highest BCUT2D eigenvalue weighted by molar-refractivity contribution is 4.90. The van der Waals surface area contributed by atoms with E-state index >= 15 is 0 Å². The van der Waals surface area contributed by atoms with Crippen molar-refractivity contribution in [3.8, 4) is 0 Å². The van der Waals surface area contributed by atoms with E-state index in [4.69, 9.17) is 5.11 Å². The largest absolute Gasteiger partial charge is 0.396 e. The monoisotopic (exact) mass is 284 g/mol. The van der Waals surface area contributed by atoms with Crippen LogP contribution in [0.25, 0.3) is 0 Å². The quantitative estimate of drug-likeness (QED) is 0.589. The molecule has 1 aliphatic heterocycles. The summed E-state index contributed by atoms with van der Waals surface area (Å²) in [5.74, 6) is 0.617. The van der Waals surface area contributed by atoms with Gasteiger partial charge in [0.15, 0.2) is 0 Å². The van der Waals surface area contributed by atoms with E-state index in [9.17, 15) is 5.11 Å². The van der Waals surface area contributed by atoms with E-state index in [-0.39, 0.29) is 12.7 Å². The van der Waals surface area contributed by atoms with Crippen molar-refractivity contribution >= 4 is 0 Å². The Balaban J connectivity index is 1.84. The molecule has 0 aromatic heterocycles. The molecule has 1 saturated heterocycles. The van der Waals surface area contributed by atoms with Gasteiger partial charge in [0.2, 0.25) is 0 Å². The van der Waals surface area contributed by atoms with E-state index in [2.05, 4.69) is 17.1 Å². The van der Waals surface area contributed by atoms with Crippen molar-refractivity contribution in [1.29, 1.82) is 0 Å². The lowest BCUT2D eigenvalue weighted by Crippen LogP contribution is -2.54. The first-order valence-corrected chi connectivity index (χ1v) is 8.49. The van der Waals surface area contributed by atoms with Gasteiger partial charge in [0.05, 0.1) is 6.10 Å². The number of piperidine rings is 1.